The van der Waals surface area contributed by atoms with E-state index in [1.165, 1.54) is 0 Å². The van der Waals surface area contributed by atoms with Crippen LogP contribution in [0.3, 0.4) is 0 Å². The summed E-state index contributed by atoms with van der Waals surface area (Å²) in [6, 6.07) is 0. The minimum atomic E-state index is -1.61. The molecule has 0 aromatic rings. The molecule has 10 heavy (non-hydrogen) atoms. The maximum atomic E-state index is 10.4. The highest BCUT2D eigenvalue weighted by Gasteiger charge is 2.36. The lowest BCUT2D eigenvalue weighted by Gasteiger charge is -2.26. The van der Waals surface area contributed by atoms with Gasteiger partial charge in [-0.2, -0.15) is 0 Å². The fourth-order valence-corrected chi connectivity index (χ4v) is 0.701. The van der Waals surface area contributed by atoms with E-state index >= 15 is 0 Å². The smallest absolute Gasteiger partial charge is 0.337 e. The van der Waals surface area contributed by atoms with Crippen LogP contribution < -0.4 is 0 Å². The summed E-state index contributed by atoms with van der Waals surface area (Å²) in [5, 5.41) is 26.3. The molecule has 0 aromatic heterocycles. The third-order valence-corrected chi connectivity index (χ3v) is 1.36. The van der Waals surface area contributed by atoms with Gasteiger partial charge in [0.2, 0.25) is 0 Å². The van der Waals surface area contributed by atoms with Gasteiger partial charge in [-0.05, 0) is 0 Å². The molecule has 0 saturated carbocycles. The number of cyclic esters (lactones) is 1. The highest BCUT2D eigenvalue weighted by molar-refractivity contribution is 5.76. The van der Waals surface area contributed by atoms with Crippen LogP contribution in [0.4, 0.5) is 0 Å². The predicted molar refractivity (Wildman–Crippen MR) is 29.0 cm³/mol. The van der Waals surface area contributed by atoms with Gasteiger partial charge in [0.25, 0.3) is 0 Å². The summed E-state index contributed by atoms with van der Waals surface area (Å²) in [6.07, 6.45) is -4.20. The van der Waals surface area contributed by atoms with Gasteiger partial charge >= 0.3 is 5.97 Å². The summed E-state index contributed by atoms with van der Waals surface area (Å²) in [5.41, 5.74) is 0. The summed E-state index contributed by atoms with van der Waals surface area (Å²) in [6.45, 7) is -0.253. The van der Waals surface area contributed by atoms with Crippen molar-refractivity contribution in [2.75, 3.05) is 6.61 Å². The monoisotopic (exact) mass is 148 g/mol. The summed E-state index contributed by atoms with van der Waals surface area (Å²) in [7, 11) is 0. The van der Waals surface area contributed by atoms with Gasteiger partial charge in [-0.1, -0.05) is 0 Å². The molecule has 0 amide bonds. The number of aliphatic hydroxyl groups excluding tert-OH is 3. The normalized spacial score (nSPS) is 41.1. The Morgan fingerprint density at radius 3 is 2.50 bits per heavy atom. The molecule has 0 spiro atoms. The minimum Gasteiger partial charge on any atom is -0.461 e. The lowest BCUT2D eigenvalue weighted by molar-refractivity contribution is -0.185. The summed E-state index contributed by atoms with van der Waals surface area (Å²) in [5.74, 6) is -0.891. The minimum absolute atomic E-state index is 0.253. The van der Waals surface area contributed by atoms with Gasteiger partial charge in [-0.25, -0.2) is 4.79 Å². The number of ether oxygens (including phenoxy) is 1. The Morgan fingerprint density at radius 1 is 1.40 bits per heavy atom. The molecular formula is C5H8O5. The van der Waals surface area contributed by atoms with Crippen molar-refractivity contribution >= 4 is 5.97 Å². The van der Waals surface area contributed by atoms with E-state index in [0.717, 1.165) is 0 Å². The fraction of sp³-hybridized carbons (Fsp3) is 0.800. The highest BCUT2D eigenvalue weighted by Crippen LogP contribution is 2.08. The number of hydrogen-bond donors (Lipinski definition) is 3. The molecule has 5 heteroatoms. The van der Waals surface area contributed by atoms with Gasteiger partial charge in [0.15, 0.2) is 6.10 Å². The Kier molecular flexibility index (Phi) is 1.89. The van der Waals surface area contributed by atoms with Crippen molar-refractivity contribution in [1.82, 2.24) is 0 Å². The first kappa shape index (κ1) is 7.46. The molecule has 1 rings (SSSR count). The van der Waals surface area contributed by atoms with E-state index in [1.807, 2.05) is 0 Å². The van der Waals surface area contributed by atoms with Crippen molar-refractivity contribution in [2.45, 2.75) is 18.3 Å². The van der Waals surface area contributed by atoms with Crippen molar-refractivity contribution in [3.8, 4) is 0 Å². The van der Waals surface area contributed by atoms with E-state index in [4.69, 9.17) is 15.3 Å². The molecule has 1 aliphatic heterocycles. The topological polar surface area (TPSA) is 87.0 Å². The molecule has 0 bridgehead atoms. The predicted octanol–water partition coefficient (Wildman–Crippen LogP) is -2.37. The average molecular weight is 148 g/mol. The lowest BCUT2D eigenvalue weighted by atomic mass is 10.1. The number of hydrogen-bond acceptors (Lipinski definition) is 5. The maximum Gasteiger partial charge on any atom is 0.337 e. The molecule has 1 saturated heterocycles. The Labute approximate surface area is 56.9 Å². The van der Waals surface area contributed by atoms with E-state index in [0.29, 0.717) is 0 Å². The van der Waals surface area contributed by atoms with Crippen molar-refractivity contribution in [3.05, 3.63) is 0 Å². The largest absolute Gasteiger partial charge is 0.461 e. The van der Waals surface area contributed by atoms with Crippen LogP contribution in [0.15, 0.2) is 0 Å². The van der Waals surface area contributed by atoms with Crippen LogP contribution in [0.5, 0.6) is 0 Å². The third kappa shape index (κ3) is 1.11. The molecule has 0 radical (unpaired) electrons. The van der Waals surface area contributed by atoms with E-state index in [-0.39, 0.29) is 6.61 Å². The molecule has 0 aliphatic carbocycles. The van der Waals surface area contributed by atoms with Gasteiger partial charge in [-0.15, -0.1) is 0 Å². The average Bonchev–Trinajstić information content (AvgIpc) is 1.93. The number of carbonyl (C=O) groups excluding carboxylic acids is 1. The SMILES string of the molecule is O=C1OC[C@H](O)[C@H](O)[C@@H]1O. The lowest BCUT2D eigenvalue weighted by Crippen LogP contribution is -2.50. The van der Waals surface area contributed by atoms with Crippen molar-refractivity contribution in [3.63, 3.8) is 0 Å². The van der Waals surface area contributed by atoms with Crippen molar-refractivity contribution in [2.24, 2.45) is 0 Å². The van der Waals surface area contributed by atoms with Gasteiger partial charge in [0.05, 0.1) is 0 Å². The van der Waals surface area contributed by atoms with Gasteiger partial charge in [0.1, 0.15) is 18.8 Å². The molecule has 3 atom stereocenters. The molecule has 3 N–H and O–H groups in total. The molecular weight excluding hydrogens is 140 g/mol. The highest BCUT2D eigenvalue weighted by atomic mass is 16.6. The summed E-state index contributed by atoms with van der Waals surface area (Å²) in [4.78, 5) is 10.4. The van der Waals surface area contributed by atoms with Crippen molar-refractivity contribution < 1.29 is 24.9 Å². The second-order valence-electron chi connectivity index (χ2n) is 2.13. The Hall–Kier alpha value is -0.650. The van der Waals surface area contributed by atoms with Crippen LogP contribution >= 0.6 is 0 Å². The van der Waals surface area contributed by atoms with E-state index < -0.39 is 24.3 Å². The first-order valence-corrected chi connectivity index (χ1v) is 2.84. The molecule has 1 heterocycles. The second kappa shape index (κ2) is 2.53. The Balaban J connectivity index is 2.60. The zero-order chi connectivity index (χ0) is 7.72. The first-order valence-electron chi connectivity index (χ1n) is 2.84. The standard InChI is InChI=1S/C5H8O5/c6-2-1-10-5(9)4(8)3(2)7/h2-4,6-8H,1H2/t2-,3-,4-/m0/s1. The van der Waals surface area contributed by atoms with Crippen LogP contribution in [0.2, 0.25) is 0 Å². The third-order valence-electron chi connectivity index (χ3n) is 1.36. The Bertz CT molecular complexity index is 145. The molecule has 1 fully saturated rings. The number of aliphatic hydroxyl groups is 3. The van der Waals surface area contributed by atoms with E-state index in [9.17, 15) is 4.79 Å². The fourth-order valence-electron chi connectivity index (χ4n) is 0.701. The zero-order valence-corrected chi connectivity index (χ0v) is 5.10. The van der Waals surface area contributed by atoms with E-state index in [1.54, 1.807) is 0 Å². The van der Waals surface area contributed by atoms with Gasteiger partial charge in [0, 0.05) is 0 Å². The quantitative estimate of drug-likeness (QED) is 0.334. The molecule has 58 valence electrons. The first-order chi connectivity index (χ1) is 4.63. The van der Waals surface area contributed by atoms with Gasteiger partial charge < -0.3 is 20.1 Å². The second-order valence-corrected chi connectivity index (χ2v) is 2.13. The molecule has 0 unspecified atom stereocenters. The van der Waals surface area contributed by atoms with Crippen LogP contribution in [-0.4, -0.2) is 46.2 Å². The molecule has 1 aliphatic rings. The van der Waals surface area contributed by atoms with Crippen LogP contribution in [0.1, 0.15) is 0 Å². The zero-order valence-electron chi connectivity index (χ0n) is 5.10. The summed E-state index contributed by atoms with van der Waals surface area (Å²) < 4.78 is 4.27. The van der Waals surface area contributed by atoms with Crippen LogP contribution in [-0.2, 0) is 9.53 Å². The van der Waals surface area contributed by atoms with Crippen LogP contribution in [0.25, 0.3) is 0 Å². The number of rotatable bonds is 0. The molecule has 5 nitrogen and oxygen atoms in total. The number of carbonyl (C=O) groups is 1. The van der Waals surface area contributed by atoms with Crippen LogP contribution in [0, 0.1) is 0 Å². The maximum absolute atomic E-state index is 10.4. The number of esters is 1. The molecule has 0 aromatic carbocycles. The van der Waals surface area contributed by atoms with Crippen molar-refractivity contribution in [1.29, 1.82) is 0 Å². The summed E-state index contributed by atoms with van der Waals surface area (Å²) >= 11 is 0. The van der Waals surface area contributed by atoms with E-state index in [2.05, 4.69) is 4.74 Å². The Morgan fingerprint density at radius 2 is 2.00 bits per heavy atom. The van der Waals surface area contributed by atoms with Gasteiger partial charge in [-0.3, -0.25) is 0 Å².